The molecule has 3 N–H and O–H groups in total. The van der Waals surface area contributed by atoms with E-state index in [1.807, 2.05) is 0 Å². The third kappa shape index (κ3) is 3.07. The highest BCUT2D eigenvalue weighted by Gasteiger charge is 2.27. The third-order valence-corrected chi connectivity index (χ3v) is 4.71. The molecule has 15 heavy (non-hydrogen) atoms. The van der Waals surface area contributed by atoms with Gasteiger partial charge in [-0.3, -0.25) is 18.8 Å². The van der Waals surface area contributed by atoms with Gasteiger partial charge >= 0.3 is 0 Å². The third-order valence-electron chi connectivity index (χ3n) is 3.03. The van der Waals surface area contributed by atoms with E-state index >= 15 is 0 Å². The number of carbonyl (C=O) groups is 1. The van der Waals surface area contributed by atoms with Crippen LogP contribution >= 0.6 is 10.6 Å². The van der Waals surface area contributed by atoms with Crippen molar-refractivity contribution in [3.8, 4) is 0 Å². The maximum absolute atomic E-state index is 11.0. The Bertz CT molecular complexity index is 250. The van der Waals surface area contributed by atoms with Gasteiger partial charge in [-0.2, -0.15) is 10.6 Å². The Morgan fingerprint density at radius 2 is 2.07 bits per heavy atom. The first-order valence-electron chi connectivity index (χ1n) is 5.30. The zero-order valence-electron chi connectivity index (χ0n) is 8.69. The van der Waals surface area contributed by atoms with Crippen LogP contribution in [0.2, 0.25) is 0 Å². The molecular formula is C9H18N2O3S. The zero-order chi connectivity index (χ0) is 10.9. The topological polar surface area (TPSA) is 72.8 Å². The van der Waals surface area contributed by atoms with Gasteiger partial charge in [-0.1, -0.05) is 0 Å². The fourth-order valence-corrected chi connectivity index (χ4v) is 3.38. The molecule has 0 aromatic carbocycles. The number of carbonyl (C=O) groups excluding carboxylic acids is 1. The summed E-state index contributed by atoms with van der Waals surface area (Å²) >= 11 is 0. The molecule has 5 nitrogen and oxygen atoms in total. The summed E-state index contributed by atoms with van der Waals surface area (Å²) in [5.74, 6) is 1.10. The Labute approximate surface area is 91.2 Å². The van der Waals surface area contributed by atoms with Crippen LogP contribution in [-0.2, 0) is 4.79 Å². The SMILES string of the molecule is O=C1CC[C@@H](CN2CCS(O)(O)CC2)N1. The zero-order valence-corrected chi connectivity index (χ0v) is 9.50. The van der Waals surface area contributed by atoms with Crippen LogP contribution in [0.4, 0.5) is 0 Å². The van der Waals surface area contributed by atoms with Crippen LogP contribution in [0.1, 0.15) is 12.8 Å². The fourth-order valence-electron chi connectivity index (χ4n) is 2.07. The first-order chi connectivity index (χ1) is 7.05. The maximum Gasteiger partial charge on any atom is 0.220 e. The Morgan fingerprint density at radius 1 is 1.40 bits per heavy atom. The summed E-state index contributed by atoms with van der Waals surface area (Å²) in [6, 6.07) is 0.261. The summed E-state index contributed by atoms with van der Waals surface area (Å²) in [7, 11) is -2.29. The molecule has 0 aromatic rings. The molecule has 1 amide bonds. The second-order valence-corrected chi connectivity index (χ2v) is 6.73. The van der Waals surface area contributed by atoms with Gasteiger partial charge in [0, 0.05) is 32.1 Å². The van der Waals surface area contributed by atoms with Crippen molar-refractivity contribution in [2.24, 2.45) is 0 Å². The monoisotopic (exact) mass is 234 g/mol. The Morgan fingerprint density at radius 3 is 2.60 bits per heavy atom. The molecule has 6 heteroatoms. The van der Waals surface area contributed by atoms with Crippen LogP contribution in [0.3, 0.4) is 0 Å². The van der Waals surface area contributed by atoms with Crippen LogP contribution in [0, 0.1) is 0 Å². The molecule has 88 valence electrons. The van der Waals surface area contributed by atoms with Crippen LogP contribution in [0.25, 0.3) is 0 Å². The van der Waals surface area contributed by atoms with Crippen LogP contribution in [0.5, 0.6) is 0 Å². The van der Waals surface area contributed by atoms with E-state index in [0.29, 0.717) is 17.9 Å². The van der Waals surface area contributed by atoms with Crippen molar-refractivity contribution < 1.29 is 13.9 Å². The van der Waals surface area contributed by atoms with E-state index in [4.69, 9.17) is 0 Å². The Kier molecular flexibility index (Phi) is 3.20. The predicted octanol–water partition coefficient (Wildman–Crippen LogP) is 0.331. The fraction of sp³-hybridized carbons (Fsp3) is 0.889. The number of rotatable bonds is 2. The molecule has 2 fully saturated rings. The van der Waals surface area contributed by atoms with E-state index < -0.39 is 10.6 Å². The number of amides is 1. The van der Waals surface area contributed by atoms with Crippen molar-refractivity contribution in [2.45, 2.75) is 18.9 Å². The van der Waals surface area contributed by atoms with Crippen molar-refractivity contribution in [3.63, 3.8) is 0 Å². The van der Waals surface area contributed by atoms with Gasteiger partial charge in [-0.15, -0.1) is 0 Å². The quantitative estimate of drug-likeness (QED) is 0.644. The lowest BCUT2D eigenvalue weighted by Gasteiger charge is -2.41. The van der Waals surface area contributed by atoms with Gasteiger partial charge < -0.3 is 5.32 Å². The molecule has 0 saturated carbocycles. The summed E-state index contributed by atoms with van der Waals surface area (Å²) in [5, 5.41) is 2.92. The summed E-state index contributed by atoms with van der Waals surface area (Å²) in [6.45, 7) is 2.31. The van der Waals surface area contributed by atoms with Gasteiger partial charge in [-0.05, 0) is 6.42 Å². The maximum atomic E-state index is 11.0. The summed E-state index contributed by atoms with van der Waals surface area (Å²) in [6.07, 6.45) is 1.54. The van der Waals surface area contributed by atoms with E-state index in [0.717, 1.165) is 26.1 Å². The second-order valence-electron chi connectivity index (χ2n) is 4.31. The number of nitrogens with one attached hydrogen (secondary N) is 1. The lowest BCUT2D eigenvalue weighted by molar-refractivity contribution is -0.119. The van der Waals surface area contributed by atoms with E-state index in [2.05, 4.69) is 10.2 Å². The Balaban J connectivity index is 1.75. The van der Waals surface area contributed by atoms with Gasteiger partial charge in [0.05, 0.1) is 11.5 Å². The average molecular weight is 234 g/mol. The van der Waals surface area contributed by atoms with Gasteiger partial charge in [0.15, 0.2) is 0 Å². The molecule has 2 saturated heterocycles. The van der Waals surface area contributed by atoms with Crippen molar-refractivity contribution in [1.29, 1.82) is 0 Å². The van der Waals surface area contributed by atoms with Gasteiger partial charge in [0.1, 0.15) is 0 Å². The molecular weight excluding hydrogens is 216 g/mol. The van der Waals surface area contributed by atoms with Crippen molar-refractivity contribution >= 4 is 16.5 Å². The molecule has 0 spiro atoms. The number of nitrogens with zero attached hydrogens (tertiary/aromatic N) is 1. The largest absolute Gasteiger partial charge is 0.352 e. The lowest BCUT2D eigenvalue weighted by Crippen LogP contribution is -2.45. The van der Waals surface area contributed by atoms with Crippen LogP contribution in [-0.4, -0.2) is 57.1 Å². The number of hydrogen-bond acceptors (Lipinski definition) is 4. The van der Waals surface area contributed by atoms with E-state index in [9.17, 15) is 13.9 Å². The minimum absolute atomic E-state index is 0.140. The Hall–Kier alpha value is -0.300. The molecule has 0 aliphatic carbocycles. The molecule has 0 unspecified atom stereocenters. The molecule has 2 rings (SSSR count). The summed E-state index contributed by atoms with van der Waals surface area (Å²) in [5.41, 5.74) is 0. The predicted molar refractivity (Wildman–Crippen MR) is 60.2 cm³/mol. The highest BCUT2D eigenvalue weighted by molar-refractivity contribution is 8.24. The first-order valence-corrected chi connectivity index (χ1v) is 7.19. The molecule has 2 heterocycles. The molecule has 0 aromatic heterocycles. The van der Waals surface area contributed by atoms with E-state index in [1.165, 1.54) is 0 Å². The van der Waals surface area contributed by atoms with Crippen LogP contribution in [0.15, 0.2) is 0 Å². The van der Waals surface area contributed by atoms with Crippen molar-refractivity contribution in [2.75, 3.05) is 31.1 Å². The van der Waals surface area contributed by atoms with Crippen LogP contribution < -0.4 is 5.32 Å². The molecule has 1 atom stereocenters. The summed E-state index contributed by atoms with van der Waals surface area (Å²) in [4.78, 5) is 13.2. The lowest BCUT2D eigenvalue weighted by atomic mass is 10.2. The van der Waals surface area contributed by atoms with Crippen molar-refractivity contribution in [1.82, 2.24) is 10.2 Å². The second kappa shape index (κ2) is 4.29. The van der Waals surface area contributed by atoms with Gasteiger partial charge in [0.25, 0.3) is 0 Å². The minimum Gasteiger partial charge on any atom is -0.352 e. The smallest absolute Gasteiger partial charge is 0.220 e. The number of hydrogen-bond donors (Lipinski definition) is 3. The average Bonchev–Trinajstić information content (AvgIpc) is 2.55. The molecule has 0 radical (unpaired) electrons. The molecule has 2 aliphatic rings. The molecule has 0 bridgehead atoms. The standard InChI is InChI=1S/C9H18N2O3S/c12-9-2-1-8(10-9)7-11-3-5-15(13,14)6-4-11/h8,13-14H,1-7H2,(H,10,12)/t8-/m0/s1. The van der Waals surface area contributed by atoms with Gasteiger partial charge in [-0.25, -0.2) is 0 Å². The highest BCUT2D eigenvalue weighted by Crippen LogP contribution is 2.40. The van der Waals surface area contributed by atoms with Crippen molar-refractivity contribution in [3.05, 3.63) is 0 Å². The van der Waals surface area contributed by atoms with E-state index in [-0.39, 0.29) is 11.9 Å². The normalized spacial score (nSPS) is 33.7. The van der Waals surface area contributed by atoms with Gasteiger partial charge in [0.2, 0.25) is 5.91 Å². The first kappa shape index (κ1) is 11.2. The summed E-state index contributed by atoms with van der Waals surface area (Å²) < 4.78 is 18.9. The minimum atomic E-state index is -2.29. The highest BCUT2D eigenvalue weighted by atomic mass is 32.3. The molecule has 2 aliphatic heterocycles. The van der Waals surface area contributed by atoms with E-state index in [1.54, 1.807) is 0 Å².